The van der Waals surface area contributed by atoms with E-state index in [1.165, 1.54) is 0 Å². The van der Waals surface area contributed by atoms with Gasteiger partial charge in [-0.3, -0.25) is 23.6 Å². The second-order valence-electron chi connectivity index (χ2n) is 11.2. The Morgan fingerprint density at radius 3 is 2.57 bits per heavy atom. The molecule has 1 fully saturated rings. The molecule has 1 N–H and O–H groups in total. The molecule has 0 aliphatic carbocycles. The zero-order valence-electron chi connectivity index (χ0n) is 24.0. The highest BCUT2D eigenvalue weighted by molar-refractivity contribution is 6.29. The Hall–Kier alpha value is -3.83. The van der Waals surface area contributed by atoms with Gasteiger partial charge in [-0.1, -0.05) is 17.7 Å². The number of nitrogens with one attached hydrogen (secondary N) is 1. The third-order valence-corrected chi connectivity index (χ3v) is 8.36. The average Bonchev–Trinajstić information content (AvgIpc) is 3.59. The molecular formula is C30H33ClF2N8O. The zero-order chi connectivity index (χ0) is 29.7. The van der Waals surface area contributed by atoms with Crippen molar-refractivity contribution in [3.8, 4) is 11.3 Å². The van der Waals surface area contributed by atoms with Crippen molar-refractivity contribution in [3.05, 3.63) is 69.5 Å². The number of hydrogen-bond donors (Lipinski definition) is 1. The normalized spacial score (nSPS) is 15.7. The number of aryl methyl sites for hydroxylation is 3. The number of benzene rings is 1. The van der Waals surface area contributed by atoms with Gasteiger partial charge in [0.1, 0.15) is 5.15 Å². The fourth-order valence-electron chi connectivity index (χ4n) is 6.08. The molecule has 0 bridgehead atoms. The summed E-state index contributed by atoms with van der Waals surface area (Å²) >= 11 is 6.27. The summed E-state index contributed by atoms with van der Waals surface area (Å²) in [5.74, 6) is 0. The van der Waals surface area contributed by atoms with Crippen LogP contribution in [0.25, 0.3) is 33.1 Å². The van der Waals surface area contributed by atoms with Crippen LogP contribution in [0.15, 0.2) is 47.7 Å². The second kappa shape index (κ2) is 11.1. The van der Waals surface area contributed by atoms with Crippen LogP contribution in [0.3, 0.4) is 0 Å². The van der Waals surface area contributed by atoms with Crippen molar-refractivity contribution < 1.29 is 8.78 Å². The molecule has 12 heteroatoms. The number of pyridine rings is 2. The zero-order valence-corrected chi connectivity index (χ0v) is 24.7. The van der Waals surface area contributed by atoms with Crippen LogP contribution in [0.4, 0.5) is 14.5 Å². The highest BCUT2D eigenvalue weighted by Crippen LogP contribution is 2.36. The Labute approximate surface area is 246 Å². The van der Waals surface area contributed by atoms with E-state index in [-0.39, 0.29) is 24.2 Å². The molecule has 0 saturated carbocycles. The summed E-state index contributed by atoms with van der Waals surface area (Å²) in [6, 6.07) is 7.55. The molecule has 220 valence electrons. The SMILES string of the molecule is Cc1cc(C(C)Nc2ccc(Cl)nc2-c2cnn(C)c2)c2c(c1)c(=O)n(C)c1nn(C3CCN(CC(F)F)CC3)cc21. The maximum absolute atomic E-state index is 13.6. The number of piperidine rings is 1. The van der Waals surface area contributed by atoms with Crippen molar-refractivity contribution in [2.75, 3.05) is 25.0 Å². The molecule has 1 atom stereocenters. The van der Waals surface area contributed by atoms with E-state index in [1.54, 1.807) is 33.5 Å². The molecule has 1 aliphatic rings. The Morgan fingerprint density at radius 1 is 1.12 bits per heavy atom. The van der Waals surface area contributed by atoms with Crippen LogP contribution >= 0.6 is 11.6 Å². The molecule has 1 unspecified atom stereocenters. The largest absolute Gasteiger partial charge is 0.377 e. The van der Waals surface area contributed by atoms with Gasteiger partial charge in [-0.2, -0.15) is 10.2 Å². The highest BCUT2D eigenvalue weighted by atomic mass is 35.5. The second-order valence-corrected chi connectivity index (χ2v) is 11.6. The summed E-state index contributed by atoms with van der Waals surface area (Å²) in [7, 11) is 3.59. The molecule has 0 spiro atoms. The Bertz CT molecular complexity index is 1840. The monoisotopic (exact) mass is 594 g/mol. The van der Waals surface area contributed by atoms with E-state index in [0.29, 0.717) is 35.0 Å². The molecule has 5 aromatic rings. The summed E-state index contributed by atoms with van der Waals surface area (Å²) in [5, 5.41) is 15.5. The van der Waals surface area contributed by atoms with E-state index in [0.717, 1.165) is 46.0 Å². The van der Waals surface area contributed by atoms with Gasteiger partial charge in [-0.25, -0.2) is 13.8 Å². The minimum absolute atomic E-state index is 0.0723. The predicted molar refractivity (Wildman–Crippen MR) is 161 cm³/mol. The molecule has 42 heavy (non-hydrogen) atoms. The van der Waals surface area contributed by atoms with Crippen LogP contribution in [0.1, 0.15) is 43.0 Å². The van der Waals surface area contributed by atoms with Gasteiger partial charge in [0.15, 0.2) is 5.65 Å². The third kappa shape index (κ3) is 5.27. The van der Waals surface area contributed by atoms with E-state index in [1.807, 2.05) is 43.2 Å². The van der Waals surface area contributed by atoms with E-state index < -0.39 is 6.43 Å². The lowest BCUT2D eigenvalue weighted by Crippen LogP contribution is -2.37. The molecule has 4 aromatic heterocycles. The van der Waals surface area contributed by atoms with Crippen LogP contribution < -0.4 is 10.9 Å². The number of nitrogens with zero attached hydrogens (tertiary/aromatic N) is 7. The van der Waals surface area contributed by atoms with Crippen LogP contribution in [0, 0.1) is 6.92 Å². The first kappa shape index (κ1) is 28.3. The maximum atomic E-state index is 13.6. The first-order chi connectivity index (χ1) is 20.1. The molecule has 1 aliphatic heterocycles. The number of anilines is 1. The van der Waals surface area contributed by atoms with Crippen molar-refractivity contribution in [1.82, 2.24) is 34.0 Å². The number of fused-ring (bicyclic) bond motifs is 3. The molecule has 0 amide bonds. The number of hydrogen-bond acceptors (Lipinski definition) is 6. The van der Waals surface area contributed by atoms with E-state index >= 15 is 0 Å². The fraction of sp³-hybridized carbons (Fsp3) is 0.400. The first-order valence-electron chi connectivity index (χ1n) is 14.0. The van der Waals surface area contributed by atoms with Crippen LogP contribution in [0.2, 0.25) is 5.15 Å². The topological polar surface area (TPSA) is 85.8 Å². The Morgan fingerprint density at radius 2 is 1.88 bits per heavy atom. The van der Waals surface area contributed by atoms with Crippen LogP contribution in [-0.2, 0) is 14.1 Å². The number of aromatic nitrogens is 6. The third-order valence-electron chi connectivity index (χ3n) is 8.15. The van der Waals surface area contributed by atoms with E-state index in [2.05, 4.69) is 28.4 Å². The van der Waals surface area contributed by atoms with Gasteiger partial charge in [0, 0.05) is 67.3 Å². The van der Waals surface area contributed by atoms with Gasteiger partial charge in [0.05, 0.1) is 30.2 Å². The molecule has 1 aromatic carbocycles. The summed E-state index contributed by atoms with van der Waals surface area (Å²) in [4.78, 5) is 20.0. The lowest BCUT2D eigenvalue weighted by molar-refractivity contribution is 0.0690. The molecule has 1 saturated heterocycles. The van der Waals surface area contributed by atoms with Crippen molar-refractivity contribution in [3.63, 3.8) is 0 Å². The fourth-order valence-corrected chi connectivity index (χ4v) is 6.23. The molecule has 6 rings (SSSR count). The van der Waals surface area contributed by atoms with Gasteiger partial charge in [-0.15, -0.1) is 0 Å². The van der Waals surface area contributed by atoms with Crippen molar-refractivity contribution in [1.29, 1.82) is 0 Å². The molecule has 5 heterocycles. The number of alkyl halides is 2. The Kier molecular flexibility index (Phi) is 7.48. The van der Waals surface area contributed by atoms with E-state index in [4.69, 9.17) is 16.7 Å². The standard InChI is InChI=1S/C30H33ClF2N8O/c1-17-11-21(18(2)35-24-5-6-25(31)36-28(24)19-13-34-38(3)14-19)27-22(12-17)30(42)39(4)29-23(27)15-41(37-29)20-7-9-40(10-8-20)16-26(32)33/h5-6,11-15,18,20,26,35H,7-10,16H2,1-4H3. The minimum Gasteiger partial charge on any atom is -0.377 e. The lowest BCUT2D eigenvalue weighted by atomic mass is 9.95. The summed E-state index contributed by atoms with van der Waals surface area (Å²) in [5.41, 5.74) is 4.74. The summed E-state index contributed by atoms with van der Waals surface area (Å²) < 4.78 is 31.0. The average molecular weight is 595 g/mol. The number of halogens is 3. The molecular weight excluding hydrogens is 562 g/mol. The van der Waals surface area contributed by atoms with Crippen LogP contribution in [0.5, 0.6) is 0 Å². The summed E-state index contributed by atoms with van der Waals surface area (Å²) in [6.07, 6.45) is 4.75. The van der Waals surface area contributed by atoms with Gasteiger partial charge in [0.25, 0.3) is 12.0 Å². The minimum atomic E-state index is -2.34. The molecule has 9 nitrogen and oxygen atoms in total. The van der Waals surface area contributed by atoms with Gasteiger partial charge in [-0.05, 0) is 56.0 Å². The summed E-state index contributed by atoms with van der Waals surface area (Å²) in [6.45, 7) is 5.02. The van der Waals surface area contributed by atoms with Gasteiger partial charge < -0.3 is 5.32 Å². The van der Waals surface area contributed by atoms with E-state index in [9.17, 15) is 13.6 Å². The smallest absolute Gasteiger partial charge is 0.259 e. The van der Waals surface area contributed by atoms with Gasteiger partial charge in [0.2, 0.25) is 0 Å². The number of likely N-dealkylation sites (tertiary alicyclic amines) is 1. The predicted octanol–water partition coefficient (Wildman–Crippen LogP) is 5.72. The van der Waals surface area contributed by atoms with Crippen LogP contribution in [-0.4, -0.2) is 60.1 Å². The van der Waals surface area contributed by atoms with Crippen molar-refractivity contribution in [2.24, 2.45) is 14.1 Å². The lowest BCUT2D eigenvalue weighted by Gasteiger charge is -2.31. The number of rotatable bonds is 7. The first-order valence-corrected chi connectivity index (χ1v) is 14.4. The quantitative estimate of drug-likeness (QED) is 0.243. The highest BCUT2D eigenvalue weighted by Gasteiger charge is 2.25. The molecule has 0 radical (unpaired) electrons. The van der Waals surface area contributed by atoms with Crippen molar-refractivity contribution >= 4 is 39.1 Å². The Balaban J connectivity index is 1.42. The maximum Gasteiger partial charge on any atom is 0.259 e. The van der Waals surface area contributed by atoms with Gasteiger partial charge >= 0.3 is 0 Å². The van der Waals surface area contributed by atoms with Crippen molar-refractivity contribution in [2.45, 2.75) is 45.2 Å².